The summed E-state index contributed by atoms with van der Waals surface area (Å²) in [6.07, 6.45) is 6.73. The quantitative estimate of drug-likeness (QED) is 0.584. The molecule has 0 aromatic carbocycles. The Bertz CT molecular complexity index is 779. The summed E-state index contributed by atoms with van der Waals surface area (Å²) in [5.74, 6) is -1.11. The predicted molar refractivity (Wildman–Crippen MR) is 113 cm³/mol. The van der Waals surface area contributed by atoms with Crippen molar-refractivity contribution < 1.29 is 35.8 Å². The lowest BCUT2D eigenvalue weighted by Crippen LogP contribution is -2.30. The summed E-state index contributed by atoms with van der Waals surface area (Å²) < 4.78 is 67.4. The van der Waals surface area contributed by atoms with Crippen LogP contribution in [0.25, 0.3) is 0 Å². The number of ether oxygens (including phenoxy) is 4. The van der Waals surface area contributed by atoms with Crippen molar-refractivity contribution in [1.29, 1.82) is 0 Å². The smallest absolute Gasteiger partial charge is 0.163 e. The summed E-state index contributed by atoms with van der Waals surface area (Å²) in [7, 11) is -5.90. The van der Waals surface area contributed by atoms with Crippen LogP contribution in [-0.2, 0) is 38.6 Å². The van der Waals surface area contributed by atoms with Gasteiger partial charge < -0.3 is 18.9 Å². The molecule has 0 aromatic rings. The van der Waals surface area contributed by atoms with Gasteiger partial charge in [0, 0.05) is 12.5 Å². The highest BCUT2D eigenvalue weighted by Gasteiger charge is 2.55. The minimum atomic E-state index is -2.95. The molecule has 0 amide bonds. The SMILES string of the molecule is CC1(C)OC[C@@H](CC2(S(C)(=O)=O)CC2)O1.CC1(C)OC[C@H](CC2(S(C)(=O)=O)CC2)O1. The molecule has 4 fully saturated rings. The van der Waals surface area contributed by atoms with Crippen LogP contribution in [0.2, 0.25) is 0 Å². The number of rotatable bonds is 6. The molecule has 0 aromatic heterocycles. The highest BCUT2D eigenvalue weighted by molar-refractivity contribution is 7.92. The van der Waals surface area contributed by atoms with Crippen LogP contribution in [-0.4, -0.2) is 75.8 Å². The van der Waals surface area contributed by atoms with Gasteiger partial charge in [0.05, 0.1) is 34.9 Å². The lowest BCUT2D eigenvalue weighted by Gasteiger charge is -2.20. The Morgan fingerprint density at radius 1 is 0.667 bits per heavy atom. The maximum absolute atomic E-state index is 11.6. The Balaban J connectivity index is 0.000000171. The fourth-order valence-corrected chi connectivity index (χ4v) is 6.95. The van der Waals surface area contributed by atoms with Gasteiger partial charge in [0.1, 0.15) is 0 Å². The summed E-state index contributed by atoms with van der Waals surface area (Å²) in [5, 5.41) is 0. The summed E-state index contributed by atoms with van der Waals surface area (Å²) in [4.78, 5) is 0. The van der Waals surface area contributed by atoms with E-state index in [-0.39, 0.29) is 12.2 Å². The van der Waals surface area contributed by atoms with Crippen LogP contribution in [0.1, 0.15) is 66.2 Å². The van der Waals surface area contributed by atoms with E-state index < -0.39 is 40.7 Å². The van der Waals surface area contributed by atoms with Gasteiger partial charge >= 0.3 is 0 Å². The monoisotopic (exact) mass is 468 g/mol. The third-order valence-electron chi connectivity index (χ3n) is 6.52. The predicted octanol–water partition coefficient (Wildman–Crippen LogP) is 2.21. The largest absolute Gasteiger partial charge is 0.348 e. The molecule has 0 bridgehead atoms. The molecule has 2 aliphatic heterocycles. The van der Waals surface area contributed by atoms with Crippen LogP contribution in [0.5, 0.6) is 0 Å². The summed E-state index contributed by atoms with van der Waals surface area (Å²) >= 11 is 0. The molecule has 0 N–H and O–H groups in total. The highest BCUT2D eigenvalue weighted by Crippen LogP contribution is 2.49. The van der Waals surface area contributed by atoms with E-state index in [2.05, 4.69) is 0 Å². The second-order valence-electron chi connectivity index (χ2n) is 10.2. The van der Waals surface area contributed by atoms with Crippen LogP contribution < -0.4 is 0 Å². The van der Waals surface area contributed by atoms with Crippen molar-refractivity contribution >= 4 is 19.7 Å². The van der Waals surface area contributed by atoms with Crippen LogP contribution in [0, 0.1) is 0 Å². The van der Waals surface area contributed by atoms with Gasteiger partial charge in [-0.1, -0.05) is 0 Å². The fourth-order valence-electron chi connectivity index (χ4n) is 4.29. The molecule has 2 heterocycles. The molecule has 8 nitrogen and oxygen atoms in total. The first kappa shape index (κ1) is 24.4. The van der Waals surface area contributed by atoms with Gasteiger partial charge in [-0.2, -0.15) is 0 Å². The summed E-state index contributed by atoms with van der Waals surface area (Å²) in [6.45, 7) is 8.43. The van der Waals surface area contributed by atoms with Gasteiger partial charge in [0.15, 0.2) is 31.2 Å². The van der Waals surface area contributed by atoms with Crippen LogP contribution >= 0.6 is 0 Å². The van der Waals surface area contributed by atoms with Gasteiger partial charge in [-0.3, -0.25) is 0 Å². The maximum atomic E-state index is 11.6. The fraction of sp³-hybridized carbons (Fsp3) is 1.00. The standard InChI is InChI=1S/2C10H18O4S/c2*1-9(2)13-7-8(14-9)6-10(4-5-10)15(3,11)12/h2*8H,4-7H2,1-3H3/t2*8-/m10/s1. The number of hydrogen-bond acceptors (Lipinski definition) is 8. The zero-order valence-corrected chi connectivity index (χ0v) is 20.5. The molecular weight excluding hydrogens is 432 g/mol. The molecule has 0 radical (unpaired) electrons. The number of sulfone groups is 2. The first-order valence-corrected chi connectivity index (χ1v) is 14.3. The molecule has 2 aliphatic carbocycles. The van der Waals surface area contributed by atoms with Gasteiger partial charge in [-0.15, -0.1) is 0 Å². The Morgan fingerprint density at radius 2 is 0.967 bits per heavy atom. The molecule has 30 heavy (non-hydrogen) atoms. The Kier molecular flexibility index (Phi) is 6.22. The molecule has 2 saturated heterocycles. The lowest BCUT2D eigenvalue weighted by molar-refractivity contribution is -0.139. The van der Waals surface area contributed by atoms with Crippen molar-refractivity contribution in [3.05, 3.63) is 0 Å². The molecule has 4 rings (SSSR count). The second-order valence-corrected chi connectivity index (χ2v) is 15.0. The minimum Gasteiger partial charge on any atom is -0.348 e. The maximum Gasteiger partial charge on any atom is 0.163 e. The van der Waals surface area contributed by atoms with E-state index >= 15 is 0 Å². The van der Waals surface area contributed by atoms with E-state index in [1.54, 1.807) is 0 Å². The van der Waals surface area contributed by atoms with Crippen molar-refractivity contribution in [2.24, 2.45) is 0 Å². The zero-order valence-electron chi connectivity index (χ0n) is 18.9. The Morgan fingerprint density at radius 3 is 1.13 bits per heavy atom. The van der Waals surface area contributed by atoms with Crippen molar-refractivity contribution in [3.63, 3.8) is 0 Å². The van der Waals surface area contributed by atoms with Gasteiger partial charge in [-0.25, -0.2) is 16.8 Å². The van der Waals surface area contributed by atoms with Crippen LogP contribution in [0.15, 0.2) is 0 Å². The first-order chi connectivity index (χ1) is 13.5. The molecule has 176 valence electrons. The molecule has 0 unspecified atom stereocenters. The average Bonchev–Trinajstić information content (AvgIpc) is 3.43. The van der Waals surface area contributed by atoms with E-state index in [0.29, 0.717) is 26.1 Å². The van der Waals surface area contributed by atoms with E-state index in [9.17, 15) is 16.8 Å². The van der Waals surface area contributed by atoms with E-state index in [0.717, 1.165) is 25.7 Å². The van der Waals surface area contributed by atoms with Crippen molar-refractivity contribution in [1.82, 2.24) is 0 Å². The molecule has 0 spiro atoms. The van der Waals surface area contributed by atoms with Gasteiger partial charge in [0.25, 0.3) is 0 Å². The average molecular weight is 469 g/mol. The van der Waals surface area contributed by atoms with Crippen molar-refractivity contribution in [3.8, 4) is 0 Å². The van der Waals surface area contributed by atoms with Crippen LogP contribution in [0.4, 0.5) is 0 Å². The zero-order chi connectivity index (χ0) is 22.6. The number of hydrogen-bond donors (Lipinski definition) is 0. The summed E-state index contributed by atoms with van der Waals surface area (Å²) in [6, 6.07) is 0. The first-order valence-electron chi connectivity index (χ1n) is 10.5. The van der Waals surface area contributed by atoms with E-state index in [4.69, 9.17) is 18.9 Å². The molecule has 10 heteroatoms. The van der Waals surface area contributed by atoms with Crippen molar-refractivity contribution in [2.45, 2.75) is 99.5 Å². The molecular formula is C20H36O8S2. The summed E-state index contributed by atoms with van der Waals surface area (Å²) in [5.41, 5.74) is 0. The Hall–Kier alpha value is -0.260. The molecule has 4 aliphatic rings. The Labute approximate surface area is 180 Å². The molecule has 2 saturated carbocycles. The van der Waals surface area contributed by atoms with Crippen LogP contribution in [0.3, 0.4) is 0 Å². The van der Waals surface area contributed by atoms with Crippen molar-refractivity contribution in [2.75, 3.05) is 25.7 Å². The lowest BCUT2D eigenvalue weighted by atomic mass is 10.2. The van der Waals surface area contributed by atoms with E-state index in [1.807, 2.05) is 27.7 Å². The third-order valence-corrected chi connectivity index (χ3v) is 10.8. The third kappa shape index (κ3) is 5.56. The topological polar surface area (TPSA) is 105 Å². The van der Waals surface area contributed by atoms with Gasteiger partial charge in [-0.05, 0) is 66.2 Å². The second kappa shape index (κ2) is 7.66. The molecule has 2 atom stereocenters. The van der Waals surface area contributed by atoms with E-state index in [1.165, 1.54) is 12.5 Å². The van der Waals surface area contributed by atoms with Gasteiger partial charge in [0.2, 0.25) is 0 Å². The normalized spacial score (nSPS) is 32.9. The minimum absolute atomic E-state index is 0.0720. The highest BCUT2D eigenvalue weighted by atomic mass is 32.2.